The van der Waals surface area contributed by atoms with Gasteiger partial charge in [-0.1, -0.05) is 0 Å². The maximum absolute atomic E-state index is 13.2. The van der Waals surface area contributed by atoms with E-state index in [4.69, 9.17) is 0 Å². The summed E-state index contributed by atoms with van der Waals surface area (Å²) in [4.78, 5) is 20.1. The first kappa shape index (κ1) is 19.0. The molecular weight excluding hydrogens is 382 g/mol. The highest BCUT2D eigenvalue weighted by molar-refractivity contribution is 7.18. The fraction of sp³-hybridized carbons (Fsp3) is 0.591. The van der Waals surface area contributed by atoms with Crippen molar-refractivity contribution in [3.8, 4) is 0 Å². The van der Waals surface area contributed by atoms with Crippen molar-refractivity contribution >= 4 is 21.6 Å². The Labute approximate surface area is 175 Å². The third kappa shape index (κ3) is 3.90. The lowest BCUT2D eigenvalue weighted by molar-refractivity contribution is 0.453. The molecule has 0 aliphatic heterocycles. The SMILES string of the molecule is Cc1cc(C)n(CCCn2cnc3sc4c(c3c2=O)CCC(NCC2CC2)C4)n1. The quantitative estimate of drug-likeness (QED) is 0.648. The highest BCUT2D eigenvalue weighted by Gasteiger charge is 2.27. The van der Waals surface area contributed by atoms with Crippen LogP contribution in [-0.2, 0) is 25.9 Å². The fourth-order valence-corrected chi connectivity index (χ4v) is 5.74. The Balaban J connectivity index is 1.31. The number of aryl methyl sites for hydroxylation is 5. The minimum absolute atomic E-state index is 0.130. The van der Waals surface area contributed by atoms with Crippen LogP contribution in [-0.4, -0.2) is 31.9 Å². The molecule has 2 aliphatic rings. The summed E-state index contributed by atoms with van der Waals surface area (Å²) >= 11 is 1.72. The number of aromatic nitrogens is 4. The summed E-state index contributed by atoms with van der Waals surface area (Å²) in [6.07, 6.45) is 8.53. The smallest absolute Gasteiger partial charge is 0.262 e. The van der Waals surface area contributed by atoms with Crippen molar-refractivity contribution < 1.29 is 0 Å². The molecule has 0 radical (unpaired) electrons. The number of nitrogens with zero attached hydrogens (tertiary/aromatic N) is 4. The van der Waals surface area contributed by atoms with Gasteiger partial charge in [0.1, 0.15) is 4.83 Å². The maximum atomic E-state index is 13.2. The number of hydrogen-bond donors (Lipinski definition) is 1. The van der Waals surface area contributed by atoms with Crippen LogP contribution in [0.3, 0.4) is 0 Å². The Morgan fingerprint density at radius 2 is 2.10 bits per heavy atom. The molecule has 1 atom stereocenters. The highest BCUT2D eigenvalue weighted by Crippen LogP contribution is 2.34. The summed E-state index contributed by atoms with van der Waals surface area (Å²) in [5.74, 6) is 0.905. The Morgan fingerprint density at radius 1 is 1.24 bits per heavy atom. The first-order valence-electron chi connectivity index (χ1n) is 10.8. The topological polar surface area (TPSA) is 64.7 Å². The molecule has 5 rings (SSSR count). The lowest BCUT2D eigenvalue weighted by Crippen LogP contribution is -2.35. The second-order valence-electron chi connectivity index (χ2n) is 8.72. The van der Waals surface area contributed by atoms with Crippen LogP contribution < -0.4 is 10.9 Å². The molecule has 2 aliphatic carbocycles. The van der Waals surface area contributed by atoms with Crippen molar-refractivity contribution in [3.05, 3.63) is 44.6 Å². The second kappa shape index (κ2) is 7.69. The van der Waals surface area contributed by atoms with Gasteiger partial charge in [-0.05, 0) is 76.5 Å². The van der Waals surface area contributed by atoms with Crippen molar-refractivity contribution in [2.75, 3.05) is 6.54 Å². The van der Waals surface area contributed by atoms with E-state index in [-0.39, 0.29) is 5.56 Å². The first-order chi connectivity index (χ1) is 14.1. The van der Waals surface area contributed by atoms with E-state index in [0.717, 1.165) is 60.6 Å². The van der Waals surface area contributed by atoms with Crippen LogP contribution in [0, 0.1) is 19.8 Å². The molecule has 3 aromatic heterocycles. The van der Waals surface area contributed by atoms with E-state index in [1.54, 1.807) is 22.2 Å². The third-order valence-electron chi connectivity index (χ3n) is 6.30. The molecule has 29 heavy (non-hydrogen) atoms. The van der Waals surface area contributed by atoms with Crippen LogP contribution in [0.2, 0.25) is 0 Å². The summed E-state index contributed by atoms with van der Waals surface area (Å²) in [6, 6.07) is 2.64. The Bertz CT molecular complexity index is 1090. The number of fused-ring (bicyclic) bond motifs is 3. The standard InChI is InChI=1S/C22H29N5OS/c1-14-10-15(2)27(25-14)9-3-8-26-13-24-21-20(22(26)28)18-7-6-17(11-19(18)29-21)23-12-16-4-5-16/h10,13,16-17,23H,3-9,11-12H2,1-2H3. The summed E-state index contributed by atoms with van der Waals surface area (Å²) in [5.41, 5.74) is 3.60. The lowest BCUT2D eigenvalue weighted by Gasteiger charge is -2.23. The zero-order chi connectivity index (χ0) is 20.0. The van der Waals surface area contributed by atoms with Gasteiger partial charge in [0, 0.05) is 29.7 Å². The van der Waals surface area contributed by atoms with Crippen LogP contribution in [0.5, 0.6) is 0 Å². The summed E-state index contributed by atoms with van der Waals surface area (Å²) in [7, 11) is 0. The predicted molar refractivity (Wildman–Crippen MR) is 117 cm³/mol. The molecule has 6 nitrogen and oxygen atoms in total. The van der Waals surface area contributed by atoms with Gasteiger partial charge >= 0.3 is 0 Å². The van der Waals surface area contributed by atoms with E-state index in [1.807, 2.05) is 11.6 Å². The van der Waals surface area contributed by atoms with E-state index in [9.17, 15) is 4.79 Å². The molecule has 0 spiro atoms. The van der Waals surface area contributed by atoms with Crippen LogP contribution in [0.1, 0.15) is 47.5 Å². The summed E-state index contributed by atoms with van der Waals surface area (Å²) in [6.45, 7) is 6.74. The monoisotopic (exact) mass is 411 g/mol. The average molecular weight is 412 g/mol. The van der Waals surface area contributed by atoms with Gasteiger partial charge in [0.2, 0.25) is 0 Å². The molecule has 1 unspecified atom stereocenters. The van der Waals surface area contributed by atoms with Crippen LogP contribution in [0.4, 0.5) is 0 Å². The molecule has 154 valence electrons. The van der Waals surface area contributed by atoms with Gasteiger partial charge in [0.05, 0.1) is 17.4 Å². The number of rotatable bonds is 7. The molecule has 0 bridgehead atoms. The molecule has 7 heteroatoms. The zero-order valence-corrected chi connectivity index (χ0v) is 18.1. The number of nitrogens with one attached hydrogen (secondary N) is 1. The van der Waals surface area contributed by atoms with Gasteiger partial charge in [-0.3, -0.25) is 14.0 Å². The van der Waals surface area contributed by atoms with E-state index in [0.29, 0.717) is 12.6 Å². The highest BCUT2D eigenvalue weighted by atomic mass is 32.1. The fourth-order valence-electron chi connectivity index (χ4n) is 4.48. The van der Waals surface area contributed by atoms with E-state index < -0.39 is 0 Å². The van der Waals surface area contributed by atoms with Crippen LogP contribution in [0.25, 0.3) is 10.2 Å². The zero-order valence-electron chi connectivity index (χ0n) is 17.3. The number of hydrogen-bond acceptors (Lipinski definition) is 5. The van der Waals surface area contributed by atoms with Gasteiger partial charge in [0.15, 0.2) is 0 Å². The normalized spacial score (nSPS) is 19.0. The molecule has 1 saturated carbocycles. The Kier molecular flexibility index (Phi) is 5.04. The Hall–Kier alpha value is -1.99. The minimum atomic E-state index is 0.130. The van der Waals surface area contributed by atoms with Crippen molar-refractivity contribution in [3.63, 3.8) is 0 Å². The van der Waals surface area contributed by atoms with Crippen LogP contribution in [0.15, 0.2) is 17.2 Å². The minimum Gasteiger partial charge on any atom is -0.313 e. The summed E-state index contributed by atoms with van der Waals surface area (Å²) in [5, 5.41) is 9.12. The van der Waals surface area contributed by atoms with Crippen molar-refractivity contribution in [1.29, 1.82) is 0 Å². The van der Waals surface area contributed by atoms with E-state index in [1.165, 1.54) is 29.0 Å². The second-order valence-corrected chi connectivity index (χ2v) is 9.81. The molecule has 0 aromatic carbocycles. The third-order valence-corrected chi connectivity index (χ3v) is 7.46. The van der Waals surface area contributed by atoms with E-state index >= 15 is 0 Å². The van der Waals surface area contributed by atoms with Gasteiger partial charge < -0.3 is 5.32 Å². The van der Waals surface area contributed by atoms with Crippen LogP contribution >= 0.6 is 11.3 Å². The van der Waals surface area contributed by atoms with Gasteiger partial charge in [-0.15, -0.1) is 11.3 Å². The average Bonchev–Trinajstić information content (AvgIpc) is 3.37. The first-order valence-corrected chi connectivity index (χ1v) is 11.6. The molecular formula is C22H29N5OS. The predicted octanol–water partition coefficient (Wildman–Crippen LogP) is 3.22. The van der Waals surface area contributed by atoms with Gasteiger partial charge in [-0.2, -0.15) is 5.10 Å². The van der Waals surface area contributed by atoms with Gasteiger partial charge in [0.25, 0.3) is 5.56 Å². The maximum Gasteiger partial charge on any atom is 0.262 e. The Morgan fingerprint density at radius 3 is 2.86 bits per heavy atom. The molecule has 0 saturated heterocycles. The number of thiophene rings is 1. The molecule has 3 heterocycles. The molecule has 1 fully saturated rings. The largest absolute Gasteiger partial charge is 0.313 e. The van der Waals surface area contributed by atoms with Crippen molar-refractivity contribution in [2.24, 2.45) is 5.92 Å². The lowest BCUT2D eigenvalue weighted by atomic mass is 9.93. The molecule has 3 aromatic rings. The molecule has 1 N–H and O–H groups in total. The molecule has 0 amide bonds. The summed E-state index contributed by atoms with van der Waals surface area (Å²) < 4.78 is 3.81. The van der Waals surface area contributed by atoms with Crippen molar-refractivity contribution in [1.82, 2.24) is 24.6 Å². The van der Waals surface area contributed by atoms with Crippen molar-refractivity contribution in [2.45, 2.75) is 71.5 Å². The van der Waals surface area contributed by atoms with Gasteiger partial charge in [-0.25, -0.2) is 4.98 Å². The van der Waals surface area contributed by atoms with E-state index in [2.05, 4.69) is 28.4 Å².